The largest absolute Gasteiger partial charge is 0.494 e. The van der Waals surface area contributed by atoms with Gasteiger partial charge < -0.3 is 14.6 Å². The Morgan fingerprint density at radius 3 is 2.62 bits per heavy atom. The third kappa shape index (κ3) is 3.42. The number of aromatic nitrogens is 2. The van der Waals surface area contributed by atoms with E-state index in [1.807, 2.05) is 0 Å². The number of aromatic amines is 1. The van der Waals surface area contributed by atoms with E-state index in [0.29, 0.717) is 19.0 Å². The van der Waals surface area contributed by atoms with Crippen molar-refractivity contribution >= 4 is 32.8 Å². The quantitative estimate of drug-likeness (QED) is 0.789. The number of rotatable bonds is 4. The van der Waals surface area contributed by atoms with Crippen LogP contribution in [0.4, 0.5) is 5.69 Å². The van der Waals surface area contributed by atoms with Gasteiger partial charge in [-0.3, -0.25) is 14.3 Å². The molecule has 26 heavy (non-hydrogen) atoms. The molecule has 0 bridgehead atoms. The van der Waals surface area contributed by atoms with Gasteiger partial charge in [-0.15, -0.1) is 0 Å². The van der Waals surface area contributed by atoms with Crippen molar-refractivity contribution in [3.8, 4) is 5.75 Å². The molecule has 1 fully saturated rings. The number of halogens is 1. The summed E-state index contributed by atoms with van der Waals surface area (Å²) in [7, 11) is 0.383. The van der Waals surface area contributed by atoms with E-state index in [1.54, 1.807) is 0 Å². The normalized spacial score (nSPS) is 16.3. The number of H-pyrrole nitrogens is 1. The lowest BCUT2D eigenvalue weighted by molar-refractivity contribution is 0.103. The smallest absolute Gasteiger partial charge is 0.277 e. The molecule has 2 aromatic rings. The first-order chi connectivity index (χ1) is 12.4. The van der Waals surface area contributed by atoms with Crippen LogP contribution in [-0.4, -0.2) is 51.6 Å². The summed E-state index contributed by atoms with van der Waals surface area (Å²) >= 11 is 6.41. The molecule has 1 N–H and O–H groups in total. The number of aryl methyl sites for hydroxylation is 1. The van der Waals surface area contributed by atoms with E-state index in [2.05, 4.69) is 9.46 Å². The van der Waals surface area contributed by atoms with Gasteiger partial charge >= 0.3 is 0 Å². The van der Waals surface area contributed by atoms with Gasteiger partial charge in [0, 0.05) is 18.8 Å². The van der Waals surface area contributed by atoms with Gasteiger partial charge in [0.05, 0.1) is 46.6 Å². The van der Waals surface area contributed by atoms with Crippen LogP contribution >= 0.6 is 11.6 Å². The molecule has 1 aliphatic rings. The molecule has 1 aromatic heterocycles. The number of methoxy groups -OCH3 is 1. The molecule has 8 nitrogen and oxygen atoms in total. The number of benzene rings is 1. The van der Waals surface area contributed by atoms with E-state index in [0.717, 1.165) is 0 Å². The van der Waals surface area contributed by atoms with Crippen molar-refractivity contribution in [3.05, 3.63) is 44.8 Å². The van der Waals surface area contributed by atoms with Crippen molar-refractivity contribution in [2.24, 2.45) is 11.4 Å². The molecule has 0 amide bonds. The molecular formula is C16H18ClN3O5S. The van der Waals surface area contributed by atoms with E-state index in [1.165, 1.54) is 37.2 Å². The number of ether oxygens (including phenoxy) is 2. The van der Waals surface area contributed by atoms with Crippen LogP contribution < -0.4 is 10.3 Å². The molecule has 0 aliphatic carbocycles. The highest BCUT2D eigenvalue weighted by Gasteiger charge is 2.24. The lowest BCUT2D eigenvalue weighted by atomic mass is 10.1. The number of nitrogens with one attached hydrogen (secondary N) is 1. The van der Waals surface area contributed by atoms with Gasteiger partial charge in [0.1, 0.15) is 17.0 Å². The highest BCUT2D eigenvalue weighted by molar-refractivity contribution is 7.93. The number of hydrogen-bond acceptors (Lipinski definition) is 6. The molecule has 3 rings (SSSR count). The lowest BCUT2D eigenvalue weighted by Gasteiger charge is -2.17. The third-order valence-corrected chi connectivity index (χ3v) is 6.58. The van der Waals surface area contributed by atoms with Crippen LogP contribution in [0.15, 0.2) is 27.5 Å². The van der Waals surface area contributed by atoms with Crippen molar-refractivity contribution in [2.75, 3.05) is 31.8 Å². The summed E-state index contributed by atoms with van der Waals surface area (Å²) in [5.74, 6) is 0.326. The average Bonchev–Trinajstić information content (AvgIpc) is 2.96. The fourth-order valence-corrected chi connectivity index (χ4v) is 4.57. The fraction of sp³-hybridized carbons (Fsp3) is 0.375. The van der Waals surface area contributed by atoms with Gasteiger partial charge in [0.15, 0.2) is 0 Å². The fourth-order valence-electron chi connectivity index (χ4n) is 2.58. The zero-order chi connectivity index (χ0) is 18.9. The van der Waals surface area contributed by atoms with E-state index >= 15 is 0 Å². The van der Waals surface area contributed by atoms with Crippen LogP contribution in [0.2, 0.25) is 5.02 Å². The Morgan fingerprint density at radius 1 is 1.35 bits per heavy atom. The summed E-state index contributed by atoms with van der Waals surface area (Å²) in [4.78, 5) is 24.8. The SMILES string of the molecule is COc1ccc(C(=O)c2c[nH]n(C)c2=O)c(Cl)c1N=S1(=O)CCOCC1. The van der Waals surface area contributed by atoms with Gasteiger partial charge in [0.2, 0.25) is 5.78 Å². The second-order valence-electron chi connectivity index (χ2n) is 5.74. The molecule has 1 aromatic carbocycles. The Balaban J connectivity index is 2.14. The van der Waals surface area contributed by atoms with Crippen LogP contribution in [0.3, 0.4) is 0 Å². The zero-order valence-electron chi connectivity index (χ0n) is 14.3. The predicted octanol–water partition coefficient (Wildman–Crippen LogP) is 1.74. The maximum Gasteiger partial charge on any atom is 0.277 e. The highest BCUT2D eigenvalue weighted by Crippen LogP contribution is 2.39. The zero-order valence-corrected chi connectivity index (χ0v) is 15.9. The molecule has 0 radical (unpaired) electrons. The Morgan fingerprint density at radius 2 is 2.04 bits per heavy atom. The van der Waals surface area contributed by atoms with Crippen LogP contribution in [0.5, 0.6) is 5.75 Å². The first-order valence-corrected chi connectivity index (χ1v) is 10.1. The number of ketones is 1. The number of carbonyl (C=O) groups excluding carboxylic acids is 1. The molecule has 10 heteroatoms. The van der Waals surface area contributed by atoms with E-state index in [-0.39, 0.29) is 33.3 Å². The van der Waals surface area contributed by atoms with Crippen LogP contribution in [0, 0.1) is 0 Å². The molecular weight excluding hydrogens is 382 g/mol. The van der Waals surface area contributed by atoms with Crippen molar-refractivity contribution < 1.29 is 18.5 Å². The first-order valence-electron chi connectivity index (χ1n) is 7.82. The minimum Gasteiger partial charge on any atom is -0.494 e. The Hall–Kier alpha value is -2.10. The average molecular weight is 400 g/mol. The molecule has 0 unspecified atom stereocenters. The van der Waals surface area contributed by atoms with Gasteiger partial charge in [-0.05, 0) is 12.1 Å². The van der Waals surface area contributed by atoms with Crippen molar-refractivity contribution in [2.45, 2.75) is 0 Å². The minimum absolute atomic E-state index is 0.00631. The minimum atomic E-state index is -2.56. The van der Waals surface area contributed by atoms with Crippen molar-refractivity contribution in [1.29, 1.82) is 0 Å². The molecule has 1 aliphatic heterocycles. The molecule has 0 atom stereocenters. The second kappa shape index (κ2) is 7.26. The van der Waals surface area contributed by atoms with E-state index in [4.69, 9.17) is 21.1 Å². The molecule has 0 spiro atoms. The Labute approximate surface area is 155 Å². The predicted molar refractivity (Wildman–Crippen MR) is 98.3 cm³/mol. The number of carbonyl (C=O) groups is 1. The topological polar surface area (TPSA) is 103 Å². The maximum absolute atomic E-state index is 12.9. The lowest BCUT2D eigenvalue weighted by Crippen LogP contribution is -2.25. The van der Waals surface area contributed by atoms with Gasteiger partial charge in [0.25, 0.3) is 5.56 Å². The number of hydrogen-bond donors (Lipinski definition) is 1. The third-order valence-electron chi connectivity index (χ3n) is 4.08. The summed E-state index contributed by atoms with van der Waals surface area (Å²) in [6.45, 7) is 0.695. The van der Waals surface area contributed by atoms with Gasteiger partial charge in [-0.25, -0.2) is 4.21 Å². The van der Waals surface area contributed by atoms with Crippen LogP contribution in [0.25, 0.3) is 0 Å². The summed E-state index contributed by atoms with van der Waals surface area (Å²) in [5, 5.41) is 2.65. The summed E-state index contributed by atoms with van der Waals surface area (Å²) < 4.78 is 28.9. The van der Waals surface area contributed by atoms with Crippen molar-refractivity contribution in [1.82, 2.24) is 9.78 Å². The Bertz CT molecular complexity index is 1020. The van der Waals surface area contributed by atoms with E-state index in [9.17, 15) is 13.8 Å². The van der Waals surface area contributed by atoms with Crippen LogP contribution in [0.1, 0.15) is 15.9 Å². The standard InChI is InChI=1S/C16H18ClN3O5S/c1-20-16(22)11(9-18-20)15(21)10-3-4-12(24-2)14(13(10)17)19-26(23)7-5-25-6-8-26/h3-4,9,18H,5-8H2,1-2H3. The van der Waals surface area contributed by atoms with Crippen molar-refractivity contribution in [3.63, 3.8) is 0 Å². The molecule has 140 valence electrons. The van der Waals surface area contributed by atoms with Crippen LogP contribution in [-0.2, 0) is 21.5 Å². The van der Waals surface area contributed by atoms with Gasteiger partial charge in [-0.1, -0.05) is 11.6 Å². The van der Waals surface area contributed by atoms with Gasteiger partial charge in [-0.2, -0.15) is 4.36 Å². The maximum atomic E-state index is 12.9. The molecule has 2 heterocycles. The second-order valence-corrected chi connectivity index (χ2v) is 8.67. The molecule has 0 saturated carbocycles. The summed E-state index contributed by atoms with van der Waals surface area (Å²) in [5.41, 5.74) is -0.256. The first kappa shape index (κ1) is 18.7. The van der Waals surface area contributed by atoms with E-state index < -0.39 is 21.1 Å². The number of nitrogens with zero attached hydrogens (tertiary/aromatic N) is 2. The molecule has 1 saturated heterocycles. The highest BCUT2D eigenvalue weighted by atomic mass is 35.5. The Kier molecular flexibility index (Phi) is 5.22. The summed E-state index contributed by atoms with van der Waals surface area (Å²) in [6.07, 6.45) is 1.32. The monoisotopic (exact) mass is 399 g/mol. The summed E-state index contributed by atoms with van der Waals surface area (Å²) in [6, 6.07) is 2.99.